The Balaban J connectivity index is 1.68. The second kappa shape index (κ2) is 5.26. The van der Waals surface area contributed by atoms with Gasteiger partial charge in [0.2, 0.25) is 0 Å². The van der Waals surface area contributed by atoms with Gasteiger partial charge in [0.1, 0.15) is 0 Å². The molecule has 106 valence electrons. The van der Waals surface area contributed by atoms with E-state index in [1.807, 2.05) is 38.1 Å². The van der Waals surface area contributed by atoms with E-state index in [1.54, 1.807) is 6.20 Å². The van der Waals surface area contributed by atoms with Gasteiger partial charge >= 0.3 is 0 Å². The summed E-state index contributed by atoms with van der Waals surface area (Å²) >= 11 is 0. The largest absolute Gasteiger partial charge is 0.444 e. The molecule has 0 amide bonds. The zero-order valence-electron chi connectivity index (χ0n) is 11.6. The van der Waals surface area contributed by atoms with Crippen LogP contribution in [0.25, 0.3) is 11.3 Å². The van der Waals surface area contributed by atoms with Crippen molar-refractivity contribution in [2.24, 2.45) is 0 Å². The van der Waals surface area contributed by atoms with Crippen LogP contribution in [0.3, 0.4) is 0 Å². The van der Waals surface area contributed by atoms with Crippen molar-refractivity contribution in [1.29, 1.82) is 0 Å². The van der Waals surface area contributed by atoms with Gasteiger partial charge in [0.15, 0.2) is 17.9 Å². The van der Waals surface area contributed by atoms with Crippen LogP contribution in [0.15, 0.2) is 41.3 Å². The van der Waals surface area contributed by atoms with Crippen molar-refractivity contribution >= 4 is 5.69 Å². The minimum absolute atomic E-state index is 0.146. The van der Waals surface area contributed by atoms with E-state index in [4.69, 9.17) is 13.9 Å². The molecule has 1 aromatic heterocycles. The predicted octanol–water partition coefficient (Wildman–Crippen LogP) is 2.91. The van der Waals surface area contributed by atoms with Gasteiger partial charge in [0.05, 0.1) is 25.5 Å². The zero-order valence-corrected chi connectivity index (χ0v) is 11.6. The van der Waals surface area contributed by atoms with Crippen LogP contribution in [0.5, 0.6) is 0 Å². The van der Waals surface area contributed by atoms with Crippen molar-refractivity contribution < 1.29 is 13.9 Å². The lowest BCUT2D eigenvalue weighted by Gasteiger charge is -2.35. The molecular weight excluding hydrogens is 256 g/mol. The molecule has 0 aliphatic carbocycles. The molecule has 0 spiro atoms. The van der Waals surface area contributed by atoms with Gasteiger partial charge in [-0.1, -0.05) is 12.1 Å². The first-order valence-corrected chi connectivity index (χ1v) is 6.66. The van der Waals surface area contributed by atoms with Crippen LogP contribution in [0.2, 0.25) is 0 Å². The minimum Gasteiger partial charge on any atom is -0.444 e. The predicted molar refractivity (Wildman–Crippen MR) is 75.3 cm³/mol. The molecule has 0 radical (unpaired) electrons. The summed E-state index contributed by atoms with van der Waals surface area (Å²) in [5.41, 5.74) is 2.00. The number of anilines is 1. The van der Waals surface area contributed by atoms with E-state index in [2.05, 4.69) is 10.3 Å². The van der Waals surface area contributed by atoms with Crippen molar-refractivity contribution in [2.75, 3.05) is 18.5 Å². The summed E-state index contributed by atoms with van der Waals surface area (Å²) in [5, 5.41) is 3.41. The lowest BCUT2D eigenvalue weighted by Crippen LogP contribution is -2.45. The number of aromatic nitrogens is 1. The second-order valence-electron chi connectivity index (χ2n) is 5.31. The van der Waals surface area contributed by atoms with E-state index in [0.717, 1.165) is 17.0 Å². The standard InChI is InChI=1S/C15H18N2O3/c1-15(2)19-8-13(9-20-15)17-12-5-3-4-11(6-12)14-7-16-10-18-14/h3-7,10,13,17H,8-9H2,1-2H3. The molecule has 0 atom stereocenters. The Kier molecular flexibility index (Phi) is 3.46. The number of hydrogen-bond acceptors (Lipinski definition) is 5. The monoisotopic (exact) mass is 274 g/mol. The molecule has 1 aromatic carbocycles. The third-order valence-electron chi connectivity index (χ3n) is 3.21. The summed E-state index contributed by atoms with van der Waals surface area (Å²) in [6, 6.07) is 8.16. The first kappa shape index (κ1) is 13.1. The highest BCUT2D eigenvalue weighted by atomic mass is 16.7. The molecule has 5 nitrogen and oxygen atoms in total. The van der Waals surface area contributed by atoms with Gasteiger partial charge in [-0.05, 0) is 26.0 Å². The molecule has 1 aliphatic heterocycles. The fraction of sp³-hybridized carbons (Fsp3) is 0.400. The van der Waals surface area contributed by atoms with E-state index in [1.165, 1.54) is 6.39 Å². The van der Waals surface area contributed by atoms with E-state index in [9.17, 15) is 0 Å². The van der Waals surface area contributed by atoms with Crippen LogP contribution < -0.4 is 5.32 Å². The van der Waals surface area contributed by atoms with Crippen LogP contribution in [-0.2, 0) is 9.47 Å². The van der Waals surface area contributed by atoms with Gasteiger partial charge in [-0.15, -0.1) is 0 Å². The maximum Gasteiger partial charge on any atom is 0.181 e. The maximum absolute atomic E-state index is 5.64. The third kappa shape index (κ3) is 3.00. The Bertz CT molecular complexity index is 556. The highest BCUT2D eigenvalue weighted by molar-refractivity contribution is 5.63. The van der Waals surface area contributed by atoms with Gasteiger partial charge in [-0.2, -0.15) is 0 Å². The summed E-state index contributed by atoms with van der Waals surface area (Å²) in [6.07, 6.45) is 3.13. The van der Waals surface area contributed by atoms with Crippen molar-refractivity contribution in [3.05, 3.63) is 36.9 Å². The number of nitrogens with zero attached hydrogens (tertiary/aromatic N) is 1. The topological polar surface area (TPSA) is 56.5 Å². The van der Waals surface area contributed by atoms with Gasteiger partial charge in [-0.3, -0.25) is 0 Å². The summed E-state index contributed by atoms with van der Waals surface area (Å²) in [5.74, 6) is 0.269. The lowest BCUT2D eigenvalue weighted by molar-refractivity contribution is -0.247. The average molecular weight is 274 g/mol. The lowest BCUT2D eigenvalue weighted by atomic mass is 10.1. The van der Waals surface area contributed by atoms with Crippen molar-refractivity contribution in [3.63, 3.8) is 0 Å². The second-order valence-corrected chi connectivity index (χ2v) is 5.31. The van der Waals surface area contributed by atoms with Gasteiger partial charge in [0, 0.05) is 11.3 Å². The SMILES string of the molecule is CC1(C)OCC(Nc2cccc(-c3cnco3)c2)CO1. The van der Waals surface area contributed by atoms with Crippen molar-refractivity contribution in [3.8, 4) is 11.3 Å². The quantitative estimate of drug-likeness (QED) is 0.932. The summed E-state index contributed by atoms with van der Waals surface area (Å²) in [6.45, 7) is 5.10. The molecule has 0 bridgehead atoms. The van der Waals surface area contributed by atoms with Crippen LogP contribution in [0, 0.1) is 0 Å². The van der Waals surface area contributed by atoms with Crippen LogP contribution in [0.4, 0.5) is 5.69 Å². The number of benzene rings is 1. The van der Waals surface area contributed by atoms with E-state index in [-0.39, 0.29) is 6.04 Å². The van der Waals surface area contributed by atoms with E-state index in [0.29, 0.717) is 13.2 Å². The third-order valence-corrected chi connectivity index (χ3v) is 3.21. The Morgan fingerprint density at radius 1 is 1.25 bits per heavy atom. The first-order chi connectivity index (χ1) is 9.62. The number of ether oxygens (including phenoxy) is 2. The zero-order chi connectivity index (χ0) is 14.0. The molecule has 2 aromatic rings. The summed E-state index contributed by atoms with van der Waals surface area (Å²) in [4.78, 5) is 3.93. The first-order valence-electron chi connectivity index (χ1n) is 6.66. The number of rotatable bonds is 3. The molecule has 5 heteroatoms. The molecule has 1 saturated heterocycles. The van der Waals surface area contributed by atoms with Crippen LogP contribution in [0.1, 0.15) is 13.8 Å². The van der Waals surface area contributed by atoms with Crippen molar-refractivity contribution in [2.45, 2.75) is 25.7 Å². The Morgan fingerprint density at radius 2 is 2.05 bits per heavy atom. The smallest absolute Gasteiger partial charge is 0.181 e. The molecule has 2 heterocycles. The summed E-state index contributed by atoms with van der Waals surface area (Å²) < 4.78 is 16.6. The Labute approximate surface area is 117 Å². The number of oxazole rings is 1. The average Bonchev–Trinajstić information content (AvgIpc) is 2.96. The Hall–Kier alpha value is -1.85. The molecule has 20 heavy (non-hydrogen) atoms. The fourth-order valence-corrected chi connectivity index (χ4v) is 2.13. The highest BCUT2D eigenvalue weighted by Gasteiger charge is 2.28. The maximum atomic E-state index is 5.64. The fourth-order valence-electron chi connectivity index (χ4n) is 2.13. The molecular formula is C15H18N2O3. The molecule has 3 rings (SSSR count). The normalized spacial score (nSPS) is 18.9. The number of hydrogen-bond donors (Lipinski definition) is 1. The van der Waals surface area contributed by atoms with Crippen molar-refractivity contribution in [1.82, 2.24) is 4.98 Å². The van der Waals surface area contributed by atoms with Gasteiger partial charge in [-0.25, -0.2) is 4.98 Å². The van der Waals surface area contributed by atoms with E-state index < -0.39 is 5.79 Å². The van der Waals surface area contributed by atoms with E-state index >= 15 is 0 Å². The molecule has 1 fully saturated rings. The van der Waals surface area contributed by atoms with Gasteiger partial charge in [0.25, 0.3) is 0 Å². The molecule has 1 N–H and O–H groups in total. The summed E-state index contributed by atoms with van der Waals surface area (Å²) in [7, 11) is 0. The number of nitrogens with one attached hydrogen (secondary N) is 1. The highest BCUT2D eigenvalue weighted by Crippen LogP contribution is 2.24. The van der Waals surface area contributed by atoms with Gasteiger partial charge < -0.3 is 19.2 Å². The van der Waals surface area contributed by atoms with Crippen LogP contribution >= 0.6 is 0 Å². The minimum atomic E-state index is -0.486. The Morgan fingerprint density at radius 3 is 2.75 bits per heavy atom. The van der Waals surface area contributed by atoms with Crippen LogP contribution in [-0.4, -0.2) is 30.0 Å². The molecule has 0 saturated carbocycles. The molecule has 1 aliphatic rings. The molecule has 0 unspecified atom stereocenters.